The van der Waals surface area contributed by atoms with Crippen LogP contribution >= 0.6 is 34.7 Å². The number of fused-ring (bicyclic) bond motifs is 3. The number of ether oxygens (including phenoxy) is 2. The summed E-state index contributed by atoms with van der Waals surface area (Å²) in [7, 11) is 0. The van der Waals surface area contributed by atoms with Crippen molar-refractivity contribution in [3.8, 4) is 5.75 Å². The van der Waals surface area contributed by atoms with Gasteiger partial charge in [-0.25, -0.2) is 4.98 Å². The lowest BCUT2D eigenvalue weighted by Gasteiger charge is -2.27. The van der Waals surface area contributed by atoms with Gasteiger partial charge in [0.1, 0.15) is 5.75 Å². The number of carbonyl (C=O) groups excluding carboxylic acids is 3. The van der Waals surface area contributed by atoms with Crippen molar-refractivity contribution in [1.29, 1.82) is 0 Å². The van der Waals surface area contributed by atoms with Crippen molar-refractivity contribution in [1.82, 2.24) is 9.88 Å². The third kappa shape index (κ3) is 4.80. The molecule has 0 bridgehead atoms. The Hall–Kier alpha value is -3.70. The first-order valence-electron chi connectivity index (χ1n) is 12.0. The minimum atomic E-state index is -0.846. The van der Waals surface area contributed by atoms with Gasteiger partial charge in [0, 0.05) is 23.5 Å². The van der Waals surface area contributed by atoms with Crippen LogP contribution in [0.2, 0.25) is 5.02 Å². The number of carbonyl (C=O) groups is 3. The standard InChI is InChI=1S/C28H20ClN3O5S2/c1-2-36-27-20(24(33)19-11-15(29)7-10-22(19)37-27)13-30-16-8-9-21-23(12-16)39-28(31-21)38-14-32-25(34)17-5-3-4-6-18(17)26(32)35/h3-13,27,30H,2,14H2,1H3/b20-13-/t27-/m1/s1. The van der Waals surface area contributed by atoms with Gasteiger partial charge in [-0.15, -0.1) is 11.3 Å². The summed E-state index contributed by atoms with van der Waals surface area (Å²) in [4.78, 5) is 44.3. The molecule has 8 nitrogen and oxygen atoms in total. The second-order valence-electron chi connectivity index (χ2n) is 8.64. The molecular weight excluding hydrogens is 558 g/mol. The molecule has 3 aromatic carbocycles. The quantitative estimate of drug-likeness (QED) is 0.157. The molecule has 39 heavy (non-hydrogen) atoms. The maximum Gasteiger partial charge on any atom is 0.262 e. The number of benzene rings is 3. The van der Waals surface area contributed by atoms with E-state index in [2.05, 4.69) is 10.3 Å². The molecule has 6 rings (SSSR count). The lowest BCUT2D eigenvalue weighted by Crippen LogP contribution is -2.33. The third-order valence-electron chi connectivity index (χ3n) is 6.21. The highest BCUT2D eigenvalue weighted by molar-refractivity contribution is 8.01. The van der Waals surface area contributed by atoms with Crippen molar-refractivity contribution < 1.29 is 23.9 Å². The molecule has 1 aromatic heterocycles. The number of aromatic nitrogens is 1. The Morgan fingerprint density at radius 3 is 2.59 bits per heavy atom. The molecular formula is C28H20ClN3O5S2. The average molecular weight is 578 g/mol. The number of ketones is 1. The number of amides is 2. The van der Waals surface area contributed by atoms with Crippen LogP contribution in [-0.2, 0) is 4.74 Å². The number of anilines is 1. The molecule has 0 fully saturated rings. The SMILES string of the molecule is CCO[C@@H]1Oc2ccc(Cl)cc2C(=O)/C1=C/Nc1ccc2nc(SCN3C(=O)c4ccccc4C3=O)sc2c1. The summed E-state index contributed by atoms with van der Waals surface area (Å²) in [5.41, 5.74) is 3.10. The molecule has 1 N–H and O–H groups in total. The minimum Gasteiger partial charge on any atom is -0.460 e. The van der Waals surface area contributed by atoms with Gasteiger partial charge in [-0.1, -0.05) is 35.5 Å². The van der Waals surface area contributed by atoms with Gasteiger partial charge in [0.25, 0.3) is 11.8 Å². The van der Waals surface area contributed by atoms with E-state index in [1.54, 1.807) is 48.7 Å². The van der Waals surface area contributed by atoms with Crippen LogP contribution in [-0.4, -0.2) is 46.3 Å². The number of halogens is 1. The van der Waals surface area contributed by atoms with Gasteiger partial charge in [-0.2, -0.15) is 0 Å². The number of imide groups is 1. The molecule has 4 aromatic rings. The molecule has 0 radical (unpaired) electrons. The first-order chi connectivity index (χ1) is 18.9. The molecule has 2 aliphatic heterocycles. The van der Waals surface area contributed by atoms with E-state index in [1.807, 2.05) is 25.1 Å². The molecule has 0 unspecified atom stereocenters. The summed E-state index contributed by atoms with van der Waals surface area (Å²) in [6.07, 6.45) is 0.744. The van der Waals surface area contributed by atoms with Crippen LogP contribution in [0.3, 0.4) is 0 Å². The number of nitrogens with zero attached hydrogens (tertiary/aromatic N) is 2. The van der Waals surface area contributed by atoms with E-state index in [0.717, 1.165) is 20.2 Å². The van der Waals surface area contributed by atoms with Crippen LogP contribution in [0.15, 0.2) is 76.8 Å². The summed E-state index contributed by atoms with van der Waals surface area (Å²) in [5.74, 6) is -0.205. The van der Waals surface area contributed by atoms with E-state index in [-0.39, 0.29) is 23.5 Å². The summed E-state index contributed by atoms with van der Waals surface area (Å²) >= 11 is 8.89. The zero-order valence-electron chi connectivity index (χ0n) is 20.5. The van der Waals surface area contributed by atoms with Gasteiger partial charge in [0.15, 0.2) is 4.34 Å². The zero-order chi connectivity index (χ0) is 27.1. The normalized spacial score (nSPS) is 17.5. The van der Waals surface area contributed by atoms with E-state index < -0.39 is 6.29 Å². The maximum atomic E-state index is 13.2. The van der Waals surface area contributed by atoms with Crippen LogP contribution in [0.5, 0.6) is 5.75 Å². The molecule has 0 saturated heterocycles. The zero-order valence-corrected chi connectivity index (χ0v) is 22.9. The van der Waals surface area contributed by atoms with E-state index in [4.69, 9.17) is 21.1 Å². The van der Waals surface area contributed by atoms with Crippen molar-refractivity contribution in [2.24, 2.45) is 0 Å². The fraction of sp³-hybridized carbons (Fsp3) is 0.143. The van der Waals surface area contributed by atoms with Crippen LogP contribution in [0, 0.1) is 0 Å². The second-order valence-corrected chi connectivity index (χ2v) is 11.3. The van der Waals surface area contributed by atoms with Gasteiger partial charge in [0.2, 0.25) is 12.1 Å². The van der Waals surface area contributed by atoms with Gasteiger partial charge >= 0.3 is 0 Å². The summed E-state index contributed by atoms with van der Waals surface area (Å²) in [5, 5.41) is 3.62. The van der Waals surface area contributed by atoms with Crippen molar-refractivity contribution in [3.05, 3.63) is 94.1 Å². The van der Waals surface area contributed by atoms with Crippen molar-refractivity contribution in [3.63, 3.8) is 0 Å². The molecule has 11 heteroatoms. The topological polar surface area (TPSA) is 97.8 Å². The Morgan fingerprint density at radius 2 is 1.85 bits per heavy atom. The molecule has 2 aliphatic rings. The monoisotopic (exact) mass is 577 g/mol. The summed E-state index contributed by atoms with van der Waals surface area (Å²) in [6, 6.07) is 17.4. The Balaban J connectivity index is 1.18. The number of thioether (sulfide) groups is 1. The number of hydrogen-bond acceptors (Lipinski definition) is 9. The molecule has 0 spiro atoms. The second kappa shape index (κ2) is 10.5. The lowest BCUT2D eigenvalue weighted by atomic mass is 10.00. The number of rotatable bonds is 7. The van der Waals surface area contributed by atoms with Crippen molar-refractivity contribution in [2.45, 2.75) is 17.6 Å². The van der Waals surface area contributed by atoms with E-state index in [0.29, 0.717) is 39.6 Å². The van der Waals surface area contributed by atoms with Crippen LogP contribution in [0.1, 0.15) is 38.0 Å². The maximum absolute atomic E-state index is 13.2. The Morgan fingerprint density at radius 1 is 1.08 bits per heavy atom. The summed E-state index contributed by atoms with van der Waals surface area (Å²) < 4.78 is 13.2. The van der Waals surface area contributed by atoms with E-state index in [1.165, 1.54) is 28.0 Å². The predicted molar refractivity (Wildman–Crippen MR) is 151 cm³/mol. The number of thiazole rings is 1. The highest BCUT2D eigenvalue weighted by Gasteiger charge is 2.35. The molecule has 0 saturated carbocycles. The Kier molecular flexibility index (Phi) is 6.86. The molecule has 3 heterocycles. The predicted octanol–water partition coefficient (Wildman–Crippen LogP) is 6.23. The number of Topliss-reactive ketones (excluding diaryl/α,β-unsaturated/α-hetero) is 1. The third-order valence-corrected chi connectivity index (χ3v) is 8.59. The van der Waals surface area contributed by atoms with Crippen LogP contribution in [0.4, 0.5) is 5.69 Å². The summed E-state index contributed by atoms with van der Waals surface area (Å²) in [6.45, 7) is 2.20. The molecule has 2 amide bonds. The first kappa shape index (κ1) is 25.6. The molecule has 1 atom stereocenters. The minimum absolute atomic E-state index is 0.176. The van der Waals surface area contributed by atoms with Gasteiger partial charge in [0.05, 0.1) is 38.4 Å². The fourth-order valence-corrected chi connectivity index (χ4v) is 6.53. The number of nitrogens with one attached hydrogen (secondary N) is 1. The molecule has 0 aliphatic carbocycles. The first-order valence-corrected chi connectivity index (χ1v) is 14.2. The lowest BCUT2D eigenvalue weighted by molar-refractivity contribution is -0.0509. The van der Waals surface area contributed by atoms with E-state index in [9.17, 15) is 14.4 Å². The largest absolute Gasteiger partial charge is 0.460 e. The smallest absolute Gasteiger partial charge is 0.262 e. The van der Waals surface area contributed by atoms with Gasteiger partial charge in [-0.05, 0) is 55.5 Å². The average Bonchev–Trinajstić information content (AvgIpc) is 3.45. The molecule has 196 valence electrons. The van der Waals surface area contributed by atoms with Gasteiger partial charge < -0.3 is 14.8 Å². The van der Waals surface area contributed by atoms with Crippen LogP contribution in [0.25, 0.3) is 10.2 Å². The highest BCUT2D eigenvalue weighted by atomic mass is 35.5. The Bertz CT molecular complexity index is 1650. The van der Waals surface area contributed by atoms with Crippen LogP contribution < -0.4 is 10.1 Å². The highest BCUT2D eigenvalue weighted by Crippen LogP contribution is 2.35. The van der Waals surface area contributed by atoms with E-state index >= 15 is 0 Å². The number of hydrogen-bond donors (Lipinski definition) is 1. The Labute approximate surface area is 236 Å². The van der Waals surface area contributed by atoms with Gasteiger partial charge in [-0.3, -0.25) is 19.3 Å². The van der Waals surface area contributed by atoms with Crippen molar-refractivity contribution >= 4 is 68.2 Å². The van der Waals surface area contributed by atoms with Crippen molar-refractivity contribution in [2.75, 3.05) is 17.8 Å². The fourth-order valence-electron chi connectivity index (χ4n) is 4.32.